The molecule has 0 aliphatic rings. The van der Waals surface area contributed by atoms with E-state index in [2.05, 4.69) is 12.2 Å². The summed E-state index contributed by atoms with van der Waals surface area (Å²) in [7, 11) is 0. The van der Waals surface area contributed by atoms with Gasteiger partial charge in [-0.25, -0.2) is 0 Å². The number of carbonyl (C=O) groups excluding carboxylic acids is 1. The molecule has 0 fully saturated rings. The van der Waals surface area contributed by atoms with E-state index in [0.29, 0.717) is 29.6 Å². The second kappa shape index (κ2) is 7.30. The number of halogens is 1. The van der Waals surface area contributed by atoms with Crippen LogP contribution in [0.15, 0.2) is 24.3 Å². The summed E-state index contributed by atoms with van der Waals surface area (Å²) < 4.78 is 0. The lowest BCUT2D eigenvalue weighted by atomic mass is 10.0. The van der Waals surface area contributed by atoms with Crippen LogP contribution in [0.1, 0.15) is 26.2 Å². The lowest BCUT2D eigenvalue weighted by molar-refractivity contribution is -0.116. The third-order valence-electron chi connectivity index (χ3n) is 2.67. The van der Waals surface area contributed by atoms with E-state index in [1.165, 1.54) is 0 Å². The quantitative estimate of drug-likeness (QED) is 0.820. The standard InChI is InChI=1S/C13H19ClN2O/c1-10(8-9-15)6-7-13(17)16-12-5-3-2-4-11(12)14/h2-5,10H,6-9,15H2,1H3,(H,16,17). The molecule has 0 spiro atoms. The Bertz CT molecular complexity index is 368. The molecule has 0 heterocycles. The number of carbonyl (C=O) groups is 1. The molecule has 0 saturated heterocycles. The van der Waals surface area contributed by atoms with Gasteiger partial charge < -0.3 is 11.1 Å². The molecule has 0 saturated carbocycles. The number of hydrogen-bond donors (Lipinski definition) is 2. The summed E-state index contributed by atoms with van der Waals surface area (Å²) in [6.45, 7) is 2.78. The molecule has 1 atom stereocenters. The molecule has 0 radical (unpaired) electrons. The van der Waals surface area contributed by atoms with Crippen LogP contribution < -0.4 is 11.1 Å². The minimum Gasteiger partial charge on any atom is -0.330 e. The van der Waals surface area contributed by atoms with E-state index < -0.39 is 0 Å². The monoisotopic (exact) mass is 254 g/mol. The molecular weight excluding hydrogens is 236 g/mol. The molecular formula is C13H19ClN2O. The van der Waals surface area contributed by atoms with Crippen LogP contribution in [0.25, 0.3) is 0 Å². The first-order chi connectivity index (χ1) is 8.13. The molecule has 4 heteroatoms. The van der Waals surface area contributed by atoms with Gasteiger partial charge in [0.05, 0.1) is 10.7 Å². The SMILES string of the molecule is CC(CCN)CCC(=O)Nc1ccccc1Cl. The first kappa shape index (κ1) is 14.0. The van der Waals surface area contributed by atoms with Gasteiger partial charge in [-0.3, -0.25) is 4.79 Å². The number of hydrogen-bond acceptors (Lipinski definition) is 2. The normalized spacial score (nSPS) is 12.2. The first-order valence-corrected chi connectivity index (χ1v) is 6.25. The third kappa shape index (κ3) is 5.20. The van der Waals surface area contributed by atoms with Crippen molar-refractivity contribution in [3.05, 3.63) is 29.3 Å². The molecule has 1 amide bonds. The number of rotatable bonds is 6. The van der Waals surface area contributed by atoms with Gasteiger partial charge >= 0.3 is 0 Å². The first-order valence-electron chi connectivity index (χ1n) is 5.88. The Labute approximate surface area is 107 Å². The van der Waals surface area contributed by atoms with E-state index in [-0.39, 0.29) is 5.91 Å². The Balaban J connectivity index is 2.37. The molecule has 3 N–H and O–H groups in total. The van der Waals surface area contributed by atoms with Gasteiger partial charge in [-0.15, -0.1) is 0 Å². The van der Waals surface area contributed by atoms with Gasteiger partial charge in [-0.2, -0.15) is 0 Å². The van der Waals surface area contributed by atoms with Crippen molar-refractivity contribution in [2.24, 2.45) is 11.7 Å². The fourth-order valence-corrected chi connectivity index (χ4v) is 1.76. The van der Waals surface area contributed by atoms with Crippen LogP contribution in [0.4, 0.5) is 5.69 Å². The Morgan fingerprint density at radius 3 is 2.76 bits per heavy atom. The van der Waals surface area contributed by atoms with Gasteiger partial charge in [0.2, 0.25) is 5.91 Å². The summed E-state index contributed by atoms with van der Waals surface area (Å²) >= 11 is 5.95. The molecule has 3 nitrogen and oxygen atoms in total. The fraction of sp³-hybridized carbons (Fsp3) is 0.462. The number of amides is 1. The molecule has 1 unspecified atom stereocenters. The summed E-state index contributed by atoms with van der Waals surface area (Å²) in [6.07, 6.45) is 2.32. The largest absolute Gasteiger partial charge is 0.330 e. The molecule has 0 aromatic heterocycles. The van der Waals surface area contributed by atoms with E-state index in [1.807, 2.05) is 12.1 Å². The molecule has 1 rings (SSSR count). The third-order valence-corrected chi connectivity index (χ3v) is 3.00. The number of para-hydroxylation sites is 1. The van der Waals surface area contributed by atoms with Crippen molar-refractivity contribution in [2.45, 2.75) is 26.2 Å². The maximum atomic E-state index is 11.7. The predicted molar refractivity (Wildman–Crippen MR) is 72.2 cm³/mol. The van der Waals surface area contributed by atoms with Crippen molar-refractivity contribution in [1.82, 2.24) is 0 Å². The fourth-order valence-electron chi connectivity index (χ4n) is 1.58. The minimum atomic E-state index is 0.00183. The topological polar surface area (TPSA) is 55.1 Å². The van der Waals surface area contributed by atoms with Crippen LogP contribution in [0.2, 0.25) is 5.02 Å². The highest BCUT2D eigenvalue weighted by Crippen LogP contribution is 2.21. The smallest absolute Gasteiger partial charge is 0.224 e. The summed E-state index contributed by atoms with van der Waals surface area (Å²) in [5.74, 6) is 0.485. The zero-order valence-corrected chi connectivity index (χ0v) is 10.8. The maximum absolute atomic E-state index is 11.7. The van der Waals surface area contributed by atoms with Crippen LogP contribution in [0.5, 0.6) is 0 Å². The highest BCUT2D eigenvalue weighted by Gasteiger charge is 2.07. The van der Waals surface area contributed by atoms with Gasteiger partial charge in [0.25, 0.3) is 0 Å². The Morgan fingerprint density at radius 2 is 2.12 bits per heavy atom. The highest BCUT2D eigenvalue weighted by molar-refractivity contribution is 6.33. The molecule has 1 aromatic carbocycles. The van der Waals surface area contributed by atoms with Gasteiger partial charge in [0.1, 0.15) is 0 Å². The number of anilines is 1. The summed E-state index contributed by atoms with van der Waals surface area (Å²) in [4.78, 5) is 11.7. The number of nitrogens with two attached hydrogens (primary N) is 1. The molecule has 0 aliphatic carbocycles. The van der Waals surface area contributed by atoms with Crippen LogP contribution >= 0.6 is 11.6 Å². The van der Waals surface area contributed by atoms with Crippen molar-refractivity contribution in [3.63, 3.8) is 0 Å². The predicted octanol–water partition coefficient (Wildman–Crippen LogP) is 3.04. The molecule has 0 aliphatic heterocycles. The second-order valence-electron chi connectivity index (χ2n) is 4.25. The van der Waals surface area contributed by atoms with Crippen LogP contribution in [-0.2, 0) is 4.79 Å². The van der Waals surface area contributed by atoms with Crippen molar-refractivity contribution in [1.29, 1.82) is 0 Å². The van der Waals surface area contributed by atoms with Crippen molar-refractivity contribution in [3.8, 4) is 0 Å². The summed E-state index contributed by atoms with van der Waals surface area (Å²) in [6, 6.07) is 7.23. The Kier molecular flexibility index (Phi) is 6.01. The van der Waals surface area contributed by atoms with Gasteiger partial charge in [-0.05, 0) is 37.4 Å². The van der Waals surface area contributed by atoms with Crippen LogP contribution in [0, 0.1) is 5.92 Å². The van der Waals surface area contributed by atoms with Gasteiger partial charge in [0, 0.05) is 6.42 Å². The minimum absolute atomic E-state index is 0.00183. The molecule has 1 aromatic rings. The number of benzene rings is 1. The van der Waals surface area contributed by atoms with E-state index in [0.717, 1.165) is 12.8 Å². The van der Waals surface area contributed by atoms with Crippen molar-refractivity contribution in [2.75, 3.05) is 11.9 Å². The van der Waals surface area contributed by atoms with Crippen molar-refractivity contribution >= 4 is 23.2 Å². The maximum Gasteiger partial charge on any atom is 0.224 e. The lowest BCUT2D eigenvalue weighted by Gasteiger charge is -2.10. The Hall–Kier alpha value is -1.06. The van der Waals surface area contributed by atoms with E-state index in [4.69, 9.17) is 17.3 Å². The Morgan fingerprint density at radius 1 is 1.41 bits per heavy atom. The van der Waals surface area contributed by atoms with Crippen LogP contribution in [0.3, 0.4) is 0 Å². The van der Waals surface area contributed by atoms with Crippen LogP contribution in [-0.4, -0.2) is 12.5 Å². The van der Waals surface area contributed by atoms with E-state index >= 15 is 0 Å². The van der Waals surface area contributed by atoms with Crippen molar-refractivity contribution < 1.29 is 4.79 Å². The molecule has 0 bridgehead atoms. The zero-order valence-electron chi connectivity index (χ0n) is 10.1. The zero-order chi connectivity index (χ0) is 12.7. The molecule has 17 heavy (non-hydrogen) atoms. The summed E-state index contributed by atoms with van der Waals surface area (Å²) in [5, 5.41) is 3.37. The van der Waals surface area contributed by atoms with Gasteiger partial charge in [-0.1, -0.05) is 30.7 Å². The van der Waals surface area contributed by atoms with E-state index in [1.54, 1.807) is 12.1 Å². The average molecular weight is 255 g/mol. The lowest BCUT2D eigenvalue weighted by Crippen LogP contribution is -2.14. The molecule has 94 valence electrons. The second-order valence-corrected chi connectivity index (χ2v) is 4.66. The van der Waals surface area contributed by atoms with E-state index in [9.17, 15) is 4.79 Å². The number of nitrogens with one attached hydrogen (secondary N) is 1. The van der Waals surface area contributed by atoms with Gasteiger partial charge in [0.15, 0.2) is 0 Å². The average Bonchev–Trinajstić information content (AvgIpc) is 2.30. The summed E-state index contributed by atoms with van der Waals surface area (Å²) in [5.41, 5.74) is 6.13. The highest BCUT2D eigenvalue weighted by atomic mass is 35.5.